The molecule has 0 spiro atoms. The normalized spacial score (nSPS) is 16.1. The molecule has 0 aliphatic carbocycles. The van der Waals surface area contributed by atoms with E-state index in [1.807, 2.05) is 0 Å². The second kappa shape index (κ2) is 13.1. The molecule has 2 N–H and O–H groups in total. The smallest absolute Gasteiger partial charge is 0.323 e. The molecular formula is C27H27BrF2N7O4S-. The molecule has 1 aliphatic rings. The standard InChI is InChI=1S/C17H15BrN6O4S.C10H12F2N/c18-11-1-3-12(4-2-11)29(27,28)24-6-5-23(9-14(24)17(25)26)15-8-20-13-7-19-10-21-16(13)22-15;1-2-10(11,12)9-5-3-8(7-13)4-6-9/h1-4,7-8,10,14H,5-6,9H2,(H,25,26);3-6,13H,2,7H2,1H3/q;-1/t14-;/m1./s1. The minimum atomic E-state index is -3.96. The van der Waals surface area contributed by atoms with Gasteiger partial charge >= 0.3 is 5.97 Å². The van der Waals surface area contributed by atoms with Crippen molar-refractivity contribution in [1.82, 2.24) is 24.2 Å². The number of nitrogens with one attached hydrogen (secondary N) is 1. The summed E-state index contributed by atoms with van der Waals surface area (Å²) >= 11 is 3.26. The van der Waals surface area contributed by atoms with Gasteiger partial charge in [0.05, 0.1) is 17.3 Å². The summed E-state index contributed by atoms with van der Waals surface area (Å²) in [5.41, 5.74) is 8.72. The summed E-state index contributed by atoms with van der Waals surface area (Å²) in [5, 5.41) is 9.70. The zero-order chi connectivity index (χ0) is 30.5. The van der Waals surface area contributed by atoms with Gasteiger partial charge in [-0.3, -0.25) is 4.79 Å². The number of carbonyl (C=O) groups is 1. The Labute approximate surface area is 249 Å². The van der Waals surface area contributed by atoms with Gasteiger partial charge in [-0.25, -0.2) is 37.1 Å². The maximum atomic E-state index is 13.1. The second-order valence-corrected chi connectivity index (χ2v) is 12.1. The maximum Gasteiger partial charge on any atom is 0.323 e. The highest BCUT2D eigenvalue weighted by Crippen LogP contribution is 2.31. The highest BCUT2D eigenvalue weighted by Gasteiger charge is 2.40. The lowest BCUT2D eigenvalue weighted by molar-refractivity contribution is -0.141. The Kier molecular flexibility index (Phi) is 9.76. The highest BCUT2D eigenvalue weighted by molar-refractivity contribution is 9.10. The number of sulfonamides is 1. The molecule has 2 aromatic heterocycles. The van der Waals surface area contributed by atoms with Gasteiger partial charge in [0.25, 0.3) is 5.92 Å². The first-order valence-electron chi connectivity index (χ1n) is 12.8. The van der Waals surface area contributed by atoms with Crippen LogP contribution in [0.4, 0.5) is 14.6 Å². The molecule has 42 heavy (non-hydrogen) atoms. The summed E-state index contributed by atoms with van der Waals surface area (Å²) in [6.07, 6.45) is 4.20. The largest absolute Gasteiger partial charge is 0.674 e. The Morgan fingerprint density at radius 1 is 1.10 bits per heavy atom. The molecule has 0 unspecified atom stereocenters. The first kappa shape index (κ1) is 31.3. The number of halogens is 3. The molecule has 1 atom stereocenters. The first-order valence-corrected chi connectivity index (χ1v) is 15.0. The van der Waals surface area contributed by atoms with Crippen LogP contribution in [-0.4, -0.2) is 69.4 Å². The van der Waals surface area contributed by atoms with Gasteiger partial charge < -0.3 is 15.7 Å². The fraction of sp³-hybridized carbons (Fsp3) is 0.296. The quantitative estimate of drug-likeness (QED) is 0.291. The number of carboxylic acids is 1. The topological polar surface area (TPSA) is 153 Å². The number of hydrogen-bond donors (Lipinski definition) is 1. The van der Waals surface area contributed by atoms with E-state index in [0.29, 0.717) is 17.0 Å². The Morgan fingerprint density at radius 2 is 1.79 bits per heavy atom. The van der Waals surface area contributed by atoms with Gasteiger partial charge in [0.2, 0.25) is 10.0 Å². The molecule has 0 saturated carbocycles. The Bertz CT molecular complexity index is 1640. The number of nitrogens with zero attached hydrogens (tertiary/aromatic N) is 6. The first-order chi connectivity index (χ1) is 20.0. The van der Waals surface area contributed by atoms with Crippen molar-refractivity contribution in [2.24, 2.45) is 0 Å². The Hall–Kier alpha value is -3.66. The number of rotatable bonds is 7. The number of benzene rings is 2. The molecular weight excluding hydrogens is 636 g/mol. The number of hydrogen-bond acceptors (Lipinski definition) is 8. The summed E-state index contributed by atoms with van der Waals surface area (Å²) in [5.74, 6) is -3.53. The van der Waals surface area contributed by atoms with Crippen LogP contribution >= 0.6 is 15.9 Å². The third-order valence-electron chi connectivity index (χ3n) is 6.60. The molecule has 4 aromatic rings. The van der Waals surface area contributed by atoms with Crippen LogP contribution in [0.2, 0.25) is 0 Å². The molecule has 1 fully saturated rings. The van der Waals surface area contributed by atoms with E-state index in [1.165, 1.54) is 49.9 Å². The van der Waals surface area contributed by atoms with Gasteiger partial charge in [0.15, 0.2) is 5.65 Å². The number of aliphatic carboxylic acids is 1. The van der Waals surface area contributed by atoms with Gasteiger partial charge in [-0.15, -0.1) is 6.54 Å². The van der Waals surface area contributed by atoms with Crippen molar-refractivity contribution in [1.29, 1.82) is 0 Å². The van der Waals surface area contributed by atoms with Gasteiger partial charge in [-0.1, -0.05) is 52.7 Å². The average Bonchev–Trinajstić information content (AvgIpc) is 3.01. The molecule has 5 rings (SSSR count). The second-order valence-electron chi connectivity index (χ2n) is 9.26. The van der Waals surface area contributed by atoms with Gasteiger partial charge in [-0.05, 0) is 24.3 Å². The molecule has 15 heteroatoms. The van der Waals surface area contributed by atoms with Crippen molar-refractivity contribution in [3.05, 3.63) is 88.6 Å². The number of fused-ring (bicyclic) bond motifs is 1. The number of piperazine rings is 1. The minimum absolute atomic E-state index is 0.00114. The van der Waals surface area contributed by atoms with Crippen molar-refractivity contribution in [2.75, 3.05) is 24.5 Å². The summed E-state index contributed by atoms with van der Waals surface area (Å²) in [4.78, 5) is 30.2. The van der Waals surface area contributed by atoms with Gasteiger partial charge in [0, 0.05) is 36.1 Å². The summed E-state index contributed by atoms with van der Waals surface area (Å²) in [6.45, 7) is 1.80. The minimum Gasteiger partial charge on any atom is -0.674 e. The van der Waals surface area contributed by atoms with Crippen molar-refractivity contribution in [2.45, 2.75) is 36.7 Å². The lowest BCUT2D eigenvalue weighted by atomic mass is 10.0. The average molecular weight is 664 g/mol. The fourth-order valence-electron chi connectivity index (χ4n) is 4.19. The van der Waals surface area contributed by atoms with Crippen molar-refractivity contribution >= 4 is 48.9 Å². The molecule has 2 aromatic carbocycles. The number of anilines is 1. The van der Waals surface area contributed by atoms with E-state index in [9.17, 15) is 27.1 Å². The van der Waals surface area contributed by atoms with Crippen LogP contribution in [0.15, 0.2) is 76.6 Å². The number of aromatic nitrogens is 4. The zero-order valence-corrected chi connectivity index (χ0v) is 24.8. The number of alkyl halides is 2. The highest BCUT2D eigenvalue weighted by atomic mass is 79.9. The fourth-order valence-corrected chi connectivity index (χ4v) is 6.01. The van der Waals surface area contributed by atoms with E-state index in [1.54, 1.807) is 29.2 Å². The Balaban J connectivity index is 0.000000262. The molecule has 11 nitrogen and oxygen atoms in total. The van der Waals surface area contributed by atoms with Crippen LogP contribution in [0.5, 0.6) is 0 Å². The van der Waals surface area contributed by atoms with E-state index in [4.69, 9.17) is 5.73 Å². The monoisotopic (exact) mass is 662 g/mol. The third kappa shape index (κ3) is 7.03. The van der Waals surface area contributed by atoms with Crippen molar-refractivity contribution < 1.29 is 27.1 Å². The number of carboxylic acid groups (broad SMARTS) is 1. The van der Waals surface area contributed by atoms with E-state index < -0.39 is 28.0 Å². The molecule has 3 heterocycles. The van der Waals surface area contributed by atoms with E-state index in [2.05, 4.69) is 35.9 Å². The lowest BCUT2D eigenvalue weighted by Gasteiger charge is -2.38. The van der Waals surface area contributed by atoms with Crippen LogP contribution in [0.3, 0.4) is 0 Å². The maximum absolute atomic E-state index is 13.1. The van der Waals surface area contributed by atoms with Gasteiger partial charge in [-0.2, -0.15) is 4.31 Å². The van der Waals surface area contributed by atoms with Crippen LogP contribution in [0.25, 0.3) is 16.9 Å². The lowest BCUT2D eigenvalue weighted by Crippen LogP contribution is -2.58. The summed E-state index contributed by atoms with van der Waals surface area (Å²) in [6, 6.07) is 10.8. The van der Waals surface area contributed by atoms with Crippen LogP contribution < -0.4 is 4.90 Å². The molecule has 1 saturated heterocycles. The predicted molar refractivity (Wildman–Crippen MR) is 155 cm³/mol. The Morgan fingerprint density at radius 3 is 2.40 bits per heavy atom. The molecule has 0 amide bonds. The van der Waals surface area contributed by atoms with Crippen LogP contribution in [-0.2, 0) is 27.3 Å². The molecule has 222 valence electrons. The van der Waals surface area contributed by atoms with Crippen LogP contribution in [0.1, 0.15) is 24.5 Å². The summed E-state index contributed by atoms with van der Waals surface area (Å²) < 4.78 is 53.9. The molecule has 0 bridgehead atoms. The third-order valence-corrected chi connectivity index (χ3v) is 9.05. The SMILES string of the molecule is CCC(F)(F)c1ccc(C[NH-])cc1.O=C(O)[C@H]1CN(c2cnc3cncnc3n2)CCN1S(=O)(=O)c1ccc(Br)cc1. The van der Waals surface area contributed by atoms with E-state index in [-0.39, 0.29) is 43.1 Å². The molecule has 1 aliphatic heterocycles. The predicted octanol–water partition coefficient (Wildman–Crippen LogP) is 4.89. The summed E-state index contributed by atoms with van der Waals surface area (Å²) in [7, 11) is -3.96. The van der Waals surface area contributed by atoms with Crippen molar-refractivity contribution in [3.63, 3.8) is 0 Å². The molecule has 0 radical (unpaired) electrons. The van der Waals surface area contributed by atoms with Crippen LogP contribution in [0, 0.1) is 0 Å². The van der Waals surface area contributed by atoms with E-state index >= 15 is 0 Å². The zero-order valence-electron chi connectivity index (χ0n) is 22.4. The van der Waals surface area contributed by atoms with Gasteiger partial charge in [0.1, 0.15) is 23.7 Å². The van der Waals surface area contributed by atoms with E-state index in [0.717, 1.165) is 14.3 Å². The van der Waals surface area contributed by atoms with Crippen molar-refractivity contribution in [3.8, 4) is 0 Å².